The molecule has 40 heavy (non-hydrogen) atoms. The quantitative estimate of drug-likeness (QED) is 0.161. The van der Waals surface area contributed by atoms with E-state index >= 15 is 0 Å². The number of ether oxygens (including phenoxy) is 1. The van der Waals surface area contributed by atoms with Gasteiger partial charge in [-0.3, -0.25) is 9.78 Å². The van der Waals surface area contributed by atoms with Crippen LogP contribution >= 0.6 is 24.8 Å². The van der Waals surface area contributed by atoms with Gasteiger partial charge in [-0.25, -0.2) is 9.97 Å². The van der Waals surface area contributed by atoms with Gasteiger partial charge >= 0.3 is 0 Å². The molecular weight excluding hydrogens is 549 g/mol. The summed E-state index contributed by atoms with van der Waals surface area (Å²) in [7, 11) is 0. The third-order valence-corrected chi connectivity index (χ3v) is 6.13. The fourth-order valence-electron chi connectivity index (χ4n) is 3.95. The van der Waals surface area contributed by atoms with Gasteiger partial charge in [-0.05, 0) is 48.7 Å². The molecule has 0 aliphatic rings. The molecule has 11 heteroatoms. The summed E-state index contributed by atoms with van der Waals surface area (Å²) in [6.45, 7) is 4.02. The zero-order valence-electron chi connectivity index (χ0n) is 22.3. The number of aromatic nitrogens is 3. The summed E-state index contributed by atoms with van der Waals surface area (Å²) in [5.74, 6) is 1.52. The average molecular weight is 583 g/mol. The van der Waals surface area contributed by atoms with Crippen LogP contribution in [0.15, 0.2) is 73.2 Å². The molecule has 0 bridgehead atoms. The van der Waals surface area contributed by atoms with Gasteiger partial charge in [0.2, 0.25) is 0 Å². The lowest BCUT2D eigenvalue weighted by Gasteiger charge is -2.15. The molecule has 0 aliphatic carbocycles. The summed E-state index contributed by atoms with van der Waals surface area (Å²) in [5.41, 5.74) is 9.33. The first-order chi connectivity index (χ1) is 18.5. The van der Waals surface area contributed by atoms with Crippen LogP contribution < -0.4 is 21.1 Å². The number of pyridine rings is 1. The Morgan fingerprint density at radius 2 is 1.82 bits per heavy atom. The maximum atomic E-state index is 12.3. The van der Waals surface area contributed by atoms with Crippen LogP contribution in [-0.4, -0.2) is 39.7 Å². The Balaban J connectivity index is 0.00000280. The van der Waals surface area contributed by atoms with Crippen LogP contribution in [0.4, 0.5) is 11.5 Å². The van der Waals surface area contributed by atoms with Crippen LogP contribution in [0.1, 0.15) is 32.3 Å². The van der Waals surface area contributed by atoms with Gasteiger partial charge in [0.1, 0.15) is 11.6 Å². The monoisotopic (exact) mass is 581 g/mol. The van der Waals surface area contributed by atoms with Gasteiger partial charge in [0.05, 0.1) is 11.7 Å². The van der Waals surface area contributed by atoms with E-state index in [1.165, 1.54) is 12.4 Å². The van der Waals surface area contributed by atoms with Crippen molar-refractivity contribution in [1.82, 2.24) is 20.3 Å². The van der Waals surface area contributed by atoms with E-state index in [1.807, 2.05) is 62.4 Å². The van der Waals surface area contributed by atoms with E-state index in [4.69, 9.17) is 25.8 Å². The number of carbonyl (C=O) groups excluding carboxylic acids is 1. The summed E-state index contributed by atoms with van der Waals surface area (Å²) < 4.78 is 5.76. The first-order valence-electron chi connectivity index (χ1n) is 12.5. The fraction of sp³-hybridized carbons (Fsp3) is 0.207. The normalized spacial score (nSPS) is 10.8. The van der Waals surface area contributed by atoms with E-state index in [9.17, 15) is 4.79 Å². The lowest BCUT2D eigenvalue weighted by Crippen LogP contribution is -2.37. The summed E-state index contributed by atoms with van der Waals surface area (Å²) in [6, 6.07) is 16.9. The number of hydrogen-bond donors (Lipinski definition) is 4. The predicted molar refractivity (Wildman–Crippen MR) is 166 cm³/mol. The van der Waals surface area contributed by atoms with Crippen molar-refractivity contribution in [3.63, 3.8) is 0 Å². The SMILES string of the molecule is CCC(CC)NC(=O)COc1cccc(-c2nc(Nc3ccc(/C(C=N)=C/N)cc3)c3ccncc3n2)c1.Cl.Cl. The maximum absolute atomic E-state index is 12.3. The molecule has 0 unspecified atom stereocenters. The van der Waals surface area contributed by atoms with Crippen molar-refractivity contribution in [3.8, 4) is 17.1 Å². The highest BCUT2D eigenvalue weighted by molar-refractivity contribution is 6.08. The van der Waals surface area contributed by atoms with Crippen LogP contribution in [0, 0.1) is 5.41 Å². The largest absolute Gasteiger partial charge is 0.484 e. The molecule has 2 aromatic heterocycles. The molecule has 210 valence electrons. The minimum Gasteiger partial charge on any atom is -0.484 e. The Kier molecular flexibility index (Phi) is 12.3. The zero-order valence-corrected chi connectivity index (χ0v) is 23.9. The number of anilines is 2. The number of benzene rings is 2. The van der Waals surface area contributed by atoms with Crippen LogP contribution in [-0.2, 0) is 4.79 Å². The molecule has 4 aromatic rings. The van der Waals surface area contributed by atoms with Gasteiger partial charge in [0.25, 0.3) is 5.91 Å². The number of nitrogens with two attached hydrogens (primary N) is 1. The lowest BCUT2D eigenvalue weighted by atomic mass is 10.1. The highest BCUT2D eigenvalue weighted by Crippen LogP contribution is 2.29. The number of allylic oxidation sites excluding steroid dienone is 1. The van der Waals surface area contributed by atoms with E-state index < -0.39 is 0 Å². The number of hydrogen-bond acceptors (Lipinski definition) is 8. The van der Waals surface area contributed by atoms with Crippen LogP contribution in [0.5, 0.6) is 5.75 Å². The number of rotatable bonds is 11. The Hall–Kier alpha value is -4.21. The van der Waals surface area contributed by atoms with Gasteiger partial charge < -0.3 is 26.5 Å². The molecule has 1 amide bonds. The molecule has 0 saturated heterocycles. The molecule has 0 spiro atoms. The molecule has 2 heterocycles. The number of carbonyl (C=O) groups is 1. The highest BCUT2D eigenvalue weighted by atomic mass is 35.5. The van der Waals surface area contributed by atoms with E-state index in [0.29, 0.717) is 28.5 Å². The summed E-state index contributed by atoms with van der Waals surface area (Å²) in [4.78, 5) is 26.0. The summed E-state index contributed by atoms with van der Waals surface area (Å²) in [6.07, 6.45) is 7.77. The van der Waals surface area contributed by atoms with Crippen molar-refractivity contribution in [2.45, 2.75) is 32.7 Å². The number of halogens is 2. The third kappa shape index (κ3) is 7.91. The van der Waals surface area contributed by atoms with Gasteiger partial charge in [-0.15, -0.1) is 24.8 Å². The number of amides is 1. The van der Waals surface area contributed by atoms with Crippen LogP contribution in [0.25, 0.3) is 27.9 Å². The topological polar surface area (TPSA) is 139 Å². The van der Waals surface area contributed by atoms with E-state index in [1.54, 1.807) is 18.5 Å². The predicted octanol–water partition coefficient (Wildman–Crippen LogP) is 5.91. The molecule has 0 saturated carbocycles. The molecular formula is C29H33Cl2N7O2. The molecule has 0 radical (unpaired) electrons. The highest BCUT2D eigenvalue weighted by Gasteiger charge is 2.13. The number of fused-ring (bicyclic) bond motifs is 1. The molecule has 5 N–H and O–H groups in total. The standard InChI is InChI=1S/C29H31N7O2.2ClH/c1-3-22(4-2)33-27(37)18-38-24-7-5-6-20(14-24)28-35-26-17-32-13-12-25(26)29(36-28)34-23-10-8-19(9-11-23)21(15-30)16-31;;/h5-17,22,30H,3-4,18,31H2,1-2H3,(H,33,37)(H,34,35,36);2*1H/b21-16+,30-15?;;. The number of nitrogens with one attached hydrogen (secondary N) is 3. The second-order valence-electron chi connectivity index (χ2n) is 8.65. The Bertz CT molecular complexity index is 1460. The minimum atomic E-state index is -0.149. The van der Waals surface area contributed by atoms with Gasteiger partial charge in [0.15, 0.2) is 12.4 Å². The molecule has 0 atom stereocenters. The first-order valence-corrected chi connectivity index (χ1v) is 12.5. The molecule has 0 fully saturated rings. The van der Waals surface area contributed by atoms with Crippen molar-refractivity contribution < 1.29 is 9.53 Å². The van der Waals surface area contributed by atoms with Crippen molar-refractivity contribution in [1.29, 1.82) is 5.41 Å². The van der Waals surface area contributed by atoms with Crippen molar-refractivity contribution in [2.24, 2.45) is 5.73 Å². The Labute approximate surface area is 246 Å². The fourth-order valence-corrected chi connectivity index (χ4v) is 3.95. The smallest absolute Gasteiger partial charge is 0.258 e. The Morgan fingerprint density at radius 1 is 1.07 bits per heavy atom. The molecule has 0 aliphatic heterocycles. The Morgan fingerprint density at radius 3 is 2.50 bits per heavy atom. The molecule has 9 nitrogen and oxygen atoms in total. The average Bonchev–Trinajstić information content (AvgIpc) is 2.96. The molecule has 2 aromatic carbocycles. The van der Waals surface area contributed by atoms with Crippen molar-refractivity contribution in [3.05, 3.63) is 78.8 Å². The van der Waals surface area contributed by atoms with Crippen molar-refractivity contribution >= 4 is 64.9 Å². The van der Waals surface area contributed by atoms with Gasteiger partial charge in [-0.1, -0.05) is 38.1 Å². The third-order valence-electron chi connectivity index (χ3n) is 6.13. The van der Waals surface area contributed by atoms with Gasteiger partial charge in [-0.2, -0.15) is 0 Å². The minimum absolute atomic E-state index is 0. The van der Waals surface area contributed by atoms with Crippen molar-refractivity contribution in [2.75, 3.05) is 11.9 Å². The lowest BCUT2D eigenvalue weighted by molar-refractivity contribution is -0.123. The first kappa shape index (κ1) is 32.0. The van der Waals surface area contributed by atoms with Crippen LogP contribution in [0.3, 0.4) is 0 Å². The van der Waals surface area contributed by atoms with Gasteiger partial charge in [0, 0.05) is 46.9 Å². The van der Waals surface area contributed by atoms with E-state index in [0.717, 1.165) is 35.0 Å². The second-order valence-corrected chi connectivity index (χ2v) is 8.65. The second kappa shape index (κ2) is 15.4. The molecule has 4 rings (SSSR count). The summed E-state index contributed by atoms with van der Waals surface area (Å²) >= 11 is 0. The zero-order chi connectivity index (χ0) is 26.9. The number of nitrogens with zero attached hydrogens (tertiary/aromatic N) is 3. The maximum Gasteiger partial charge on any atom is 0.258 e. The van der Waals surface area contributed by atoms with E-state index in [-0.39, 0.29) is 43.4 Å². The van der Waals surface area contributed by atoms with E-state index in [2.05, 4.69) is 15.6 Å². The summed E-state index contributed by atoms with van der Waals surface area (Å²) in [5, 5.41) is 14.7. The van der Waals surface area contributed by atoms with Crippen LogP contribution in [0.2, 0.25) is 0 Å².